The van der Waals surface area contributed by atoms with Gasteiger partial charge in [-0.15, -0.1) is 0 Å². The molecule has 3 amide bonds. The summed E-state index contributed by atoms with van der Waals surface area (Å²) >= 11 is 11.9. The Morgan fingerprint density at radius 2 is 1.62 bits per heavy atom. The van der Waals surface area contributed by atoms with Gasteiger partial charge in [-0.3, -0.25) is 4.79 Å². The summed E-state index contributed by atoms with van der Waals surface area (Å²) in [6, 6.07) is 11.9. The first kappa shape index (κ1) is 19.7. The van der Waals surface area contributed by atoms with Gasteiger partial charge in [0.15, 0.2) is 11.5 Å². The third kappa shape index (κ3) is 4.36. The first-order chi connectivity index (χ1) is 14.0. The number of anilines is 1. The maximum absolute atomic E-state index is 12.8. The van der Waals surface area contributed by atoms with Crippen LogP contribution < -0.4 is 14.8 Å². The predicted molar refractivity (Wildman–Crippen MR) is 110 cm³/mol. The van der Waals surface area contributed by atoms with Crippen molar-refractivity contribution in [1.82, 2.24) is 9.80 Å². The van der Waals surface area contributed by atoms with Crippen LogP contribution in [0.2, 0.25) is 10.0 Å². The summed E-state index contributed by atoms with van der Waals surface area (Å²) in [6.07, 6.45) is -0.679. The average Bonchev–Trinajstić information content (AvgIpc) is 2.75. The third-order valence-corrected chi connectivity index (χ3v) is 5.57. The van der Waals surface area contributed by atoms with Gasteiger partial charge in [-0.1, -0.05) is 35.3 Å². The Kier molecular flexibility index (Phi) is 5.69. The number of carbonyl (C=O) groups excluding carboxylic acids is 2. The number of ether oxygens (including phenoxy) is 2. The molecule has 2 aromatic rings. The molecule has 29 heavy (non-hydrogen) atoms. The van der Waals surface area contributed by atoms with Gasteiger partial charge in [0.2, 0.25) is 6.10 Å². The number of nitrogens with one attached hydrogen (secondary N) is 1. The van der Waals surface area contributed by atoms with Gasteiger partial charge in [-0.05, 0) is 30.3 Å². The number of piperazine rings is 1. The van der Waals surface area contributed by atoms with Crippen molar-refractivity contribution < 1.29 is 19.1 Å². The standard InChI is InChI=1S/C20H19Cl2N3O4/c21-14-6-5-13(11-15(14)22)23-20(27)25-9-7-24(8-10-25)19(26)18-12-28-16-3-1-2-4-17(16)29-18/h1-6,11,18H,7-10,12H2,(H,23,27)/t18-/m0/s1. The number of rotatable bonds is 2. The number of carbonyl (C=O) groups is 2. The van der Waals surface area contributed by atoms with Crippen molar-refractivity contribution in [2.24, 2.45) is 0 Å². The van der Waals surface area contributed by atoms with E-state index >= 15 is 0 Å². The van der Waals surface area contributed by atoms with E-state index in [-0.39, 0.29) is 18.5 Å². The minimum Gasteiger partial charge on any atom is -0.485 e. The maximum Gasteiger partial charge on any atom is 0.321 e. The lowest BCUT2D eigenvalue weighted by Crippen LogP contribution is -2.55. The van der Waals surface area contributed by atoms with Crippen molar-refractivity contribution in [2.75, 3.05) is 38.1 Å². The number of halogens is 2. The SMILES string of the molecule is O=C(Nc1ccc(Cl)c(Cl)c1)N1CCN(C(=O)[C@@H]2COc3ccccc3O2)CC1. The van der Waals surface area contributed by atoms with Crippen LogP contribution in [0.15, 0.2) is 42.5 Å². The van der Waals surface area contributed by atoms with Gasteiger partial charge in [0.1, 0.15) is 6.61 Å². The predicted octanol–water partition coefficient (Wildman–Crippen LogP) is 3.51. The zero-order chi connectivity index (χ0) is 20.4. The molecule has 4 rings (SSSR count). The largest absolute Gasteiger partial charge is 0.485 e. The van der Waals surface area contributed by atoms with E-state index in [9.17, 15) is 9.59 Å². The molecule has 1 fully saturated rings. The van der Waals surface area contributed by atoms with Crippen LogP contribution in [-0.4, -0.2) is 60.6 Å². The molecule has 2 heterocycles. The lowest BCUT2D eigenvalue weighted by Gasteiger charge is -2.37. The molecule has 1 atom stereocenters. The molecule has 0 radical (unpaired) electrons. The Morgan fingerprint density at radius 1 is 0.931 bits per heavy atom. The highest BCUT2D eigenvalue weighted by Crippen LogP contribution is 2.31. The normalized spacial score (nSPS) is 18.3. The quantitative estimate of drug-likeness (QED) is 0.783. The van der Waals surface area contributed by atoms with Gasteiger partial charge in [0.25, 0.3) is 5.91 Å². The Hall–Kier alpha value is -2.64. The topological polar surface area (TPSA) is 71.1 Å². The van der Waals surface area contributed by atoms with Gasteiger partial charge in [-0.2, -0.15) is 0 Å². The smallest absolute Gasteiger partial charge is 0.321 e. The average molecular weight is 436 g/mol. The monoisotopic (exact) mass is 435 g/mol. The second-order valence-corrected chi connectivity index (χ2v) is 7.55. The Balaban J connectivity index is 1.30. The first-order valence-corrected chi connectivity index (χ1v) is 9.95. The molecule has 7 nitrogen and oxygen atoms in total. The molecule has 0 spiro atoms. The van der Waals surface area contributed by atoms with Crippen LogP contribution in [-0.2, 0) is 4.79 Å². The zero-order valence-electron chi connectivity index (χ0n) is 15.4. The number of fused-ring (bicyclic) bond motifs is 1. The summed E-state index contributed by atoms with van der Waals surface area (Å²) in [6.45, 7) is 1.87. The first-order valence-electron chi connectivity index (χ1n) is 9.19. The van der Waals surface area contributed by atoms with Crippen LogP contribution in [0.5, 0.6) is 11.5 Å². The fourth-order valence-corrected chi connectivity index (χ4v) is 3.55. The molecule has 0 aliphatic carbocycles. The van der Waals surface area contributed by atoms with Crippen molar-refractivity contribution in [1.29, 1.82) is 0 Å². The van der Waals surface area contributed by atoms with E-state index in [1.165, 1.54) is 0 Å². The Bertz CT molecular complexity index is 932. The van der Waals surface area contributed by atoms with Gasteiger partial charge in [0.05, 0.1) is 10.0 Å². The summed E-state index contributed by atoms with van der Waals surface area (Å²) in [4.78, 5) is 28.6. The van der Waals surface area contributed by atoms with E-state index in [4.69, 9.17) is 32.7 Å². The summed E-state index contributed by atoms with van der Waals surface area (Å²) < 4.78 is 11.4. The van der Waals surface area contributed by atoms with Crippen LogP contribution in [0.1, 0.15) is 0 Å². The highest BCUT2D eigenvalue weighted by molar-refractivity contribution is 6.42. The lowest BCUT2D eigenvalue weighted by atomic mass is 10.2. The molecule has 0 saturated carbocycles. The number of urea groups is 1. The molecular formula is C20H19Cl2N3O4. The van der Waals surface area contributed by atoms with Crippen LogP contribution in [0.3, 0.4) is 0 Å². The molecule has 2 aromatic carbocycles. The van der Waals surface area contributed by atoms with E-state index in [1.807, 2.05) is 12.1 Å². The maximum atomic E-state index is 12.8. The van der Waals surface area contributed by atoms with E-state index in [1.54, 1.807) is 40.1 Å². The van der Waals surface area contributed by atoms with Gasteiger partial charge >= 0.3 is 6.03 Å². The third-order valence-electron chi connectivity index (χ3n) is 4.83. The van der Waals surface area contributed by atoms with E-state index in [0.717, 1.165) is 0 Å². The summed E-state index contributed by atoms with van der Waals surface area (Å²) in [5.41, 5.74) is 0.564. The summed E-state index contributed by atoms with van der Waals surface area (Å²) in [7, 11) is 0. The number of hydrogen-bond donors (Lipinski definition) is 1. The van der Waals surface area contributed by atoms with Crippen LogP contribution in [0.4, 0.5) is 10.5 Å². The van der Waals surface area contributed by atoms with E-state index in [0.29, 0.717) is 53.4 Å². The Labute approximate surface area is 178 Å². The van der Waals surface area contributed by atoms with Gasteiger partial charge in [-0.25, -0.2) is 4.79 Å². The van der Waals surface area contributed by atoms with E-state index in [2.05, 4.69) is 5.32 Å². The van der Waals surface area contributed by atoms with Crippen molar-refractivity contribution in [3.63, 3.8) is 0 Å². The molecule has 152 valence electrons. The van der Waals surface area contributed by atoms with Crippen molar-refractivity contribution in [3.8, 4) is 11.5 Å². The molecule has 2 aliphatic rings. The molecule has 0 bridgehead atoms. The second kappa shape index (κ2) is 8.39. The number of amides is 3. The number of nitrogens with zero attached hydrogens (tertiary/aromatic N) is 2. The van der Waals surface area contributed by atoms with Crippen LogP contribution in [0, 0.1) is 0 Å². The number of para-hydroxylation sites is 2. The fourth-order valence-electron chi connectivity index (χ4n) is 3.25. The second-order valence-electron chi connectivity index (χ2n) is 6.74. The highest BCUT2D eigenvalue weighted by Gasteiger charge is 2.33. The molecule has 9 heteroatoms. The molecule has 0 aromatic heterocycles. The van der Waals surface area contributed by atoms with Crippen LogP contribution >= 0.6 is 23.2 Å². The summed E-state index contributed by atoms with van der Waals surface area (Å²) in [5, 5.41) is 3.59. The molecular weight excluding hydrogens is 417 g/mol. The molecule has 1 saturated heterocycles. The number of benzene rings is 2. The van der Waals surface area contributed by atoms with Crippen molar-refractivity contribution in [2.45, 2.75) is 6.10 Å². The van der Waals surface area contributed by atoms with Gasteiger partial charge < -0.3 is 24.6 Å². The van der Waals surface area contributed by atoms with Crippen molar-refractivity contribution in [3.05, 3.63) is 52.5 Å². The minimum absolute atomic E-state index is 0.135. The zero-order valence-corrected chi connectivity index (χ0v) is 16.9. The molecule has 1 N–H and O–H groups in total. The Morgan fingerprint density at radius 3 is 2.34 bits per heavy atom. The minimum atomic E-state index is -0.679. The molecule has 2 aliphatic heterocycles. The highest BCUT2D eigenvalue weighted by atomic mass is 35.5. The van der Waals surface area contributed by atoms with E-state index < -0.39 is 6.10 Å². The number of hydrogen-bond acceptors (Lipinski definition) is 4. The molecule has 0 unspecified atom stereocenters. The van der Waals surface area contributed by atoms with Crippen molar-refractivity contribution >= 4 is 40.8 Å². The summed E-state index contributed by atoms with van der Waals surface area (Å²) in [5.74, 6) is 1.07. The lowest BCUT2D eigenvalue weighted by molar-refractivity contribution is -0.142. The fraction of sp³-hybridized carbons (Fsp3) is 0.300. The van der Waals surface area contributed by atoms with Gasteiger partial charge in [0, 0.05) is 31.9 Å². The van der Waals surface area contributed by atoms with Crippen LogP contribution in [0.25, 0.3) is 0 Å².